The smallest absolute Gasteiger partial charge is 0.336 e. The number of rotatable bonds is 7. The number of ether oxygens (including phenoxy) is 2. The summed E-state index contributed by atoms with van der Waals surface area (Å²) in [6, 6.07) is 15.4. The number of carbonyl (C=O) groups is 2. The van der Waals surface area contributed by atoms with E-state index in [9.17, 15) is 14.0 Å². The van der Waals surface area contributed by atoms with Crippen LogP contribution in [-0.2, 0) is 19.1 Å². The minimum absolute atomic E-state index is 0.170. The van der Waals surface area contributed by atoms with E-state index in [0.717, 1.165) is 5.69 Å². The lowest BCUT2D eigenvalue weighted by molar-refractivity contribution is -0.146. The summed E-state index contributed by atoms with van der Waals surface area (Å²) < 4.78 is 26.2. The predicted molar refractivity (Wildman–Crippen MR) is 134 cm³/mol. The second-order valence-corrected chi connectivity index (χ2v) is 8.40. The SMILES string of the molecule is CCOC(=O)C1=C(C)N=C(C)C(C(=O)OCC)C1c1cn(-c2ccccc2)nc1-c1ccc(F)cc1. The van der Waals surface area contributed by atoms with Crippen LogP contribution in [0.25, 0.3) is 16.9 Å². The predicted octanol–water partition coefficient (Wildman–Crippen LogP) is 5.25. The number of nitrogens with zero attached hydrogens (tertiary/aromatic N) is 3. The van der Waals surface area contributed by atoms with Crippen molar-refractivity contribution in [3.05, 3.63) is 83.4 Å². The van der Waals surface area contributed by atoms with E-state index in [4.69, 9.17) is 14.6 Å². The van der Waals surface area contributed by atoms with Crippen LogP contribution in [0.2, 0.25) is 0 Å². The number of allylic oxidation sites excluding steroid dienone is 1. The van der Waals surface area contributed by atoms with E-state index in [2.05, 4.69) is 4.99 Å². The Bertz CT molecular complexity index is 1330. The summed E-state index contributed by atoms with van der Waals surface area (Å²) in [6.45, 7) is 7.28. The van der Waals surface area contributed by atoms with Gasteiger partial charge in [0.25, 0.3) is 0 Å². The second-order valence-electron chi connectivity index (χ2n) is 8.40. The van der Waals surface area contributed by atoms with Crippen molar-refractivity contribution in [2.75, 3.05) is 13.2 Å². The lowest BCUT2D eigenvalue weighted by atomic mass is 9.75. The number of carbonyl (C=O) groups excluding carboxylic acids is 2. The third kappa shape index (κ3) is 4.84. The van der Waals surface area contributed by atoms with Gasteiger partial charge in [-0.15, -0.1) is 0 Å². The van der Waals surface area contributed by atoms with Crippen LogP contribution in [0.4, 0.5) is 4.39 Å². The monoisotopic (exact) mass is 489 g/mol. The summed E-state index contributed by atoms with van der Waals surface area (Å²) in [5, 5.41) is 4.81. The summed E-state index contributed by atoms with van der Waals surface area (Å²) in [5.41, 5.74) is 3.83. The minimum Gasteiger partial charge on any atom is -0.465 e. The van der Waals surface area contributed by atoms with Gasteiger partial charge in [0.2, 0.25) is 0 Å². The first-order valence-electron chi connectivity index (χ1n) is 11.9. The van der Waals surface area contributed by atoms with Crippen LogP contribution < -0.4 is 0 Å². The van der Waals surface area contributed by atoms with Gasteiger partial charge in [-0.2, -0.15) is 5.10 Å². The number of benzene rings is 2. The van der Waals surface area contributed by atoms with Gasteiger partial charge >= 0.3 is 11.9 Å². The Morgan fingerprint density at radius 1 is 0.972 bits per heavy atom. The van der Waals surface area contributed by atoms with E-state index in [1.165, 1.54) is 12.1 Å². The number of esters is 2. The molecule has 0 N–H and O–H groups in total. The lowest BCUT2D eigenvalue weighted by Crippen LogP contribution is -2.36. The first-order valence-corrected chi connectivity index (χ1v) is 11.9. The zero-order valence-corrected chi connectivity index (χ0v) is 20.7. The standard InChI is InChI=1S/C28H28FN3O4/c1-5-35-27(33)23-17(3)30-18(4)24(28(34)36-6-2)25(23)22-16-32(21-10-8-7-9-11-21)31-26(22)19-12-14-20(29)15-13-19/h7-16,23,25H,5-6H2,1-4H3. The quantitative estimate of drug-likeness (QED) is 0.423. The summed E-state index contributed by atoms with van der Waals surface area (Å²) in [6.07, 6.45) is 1.80. The molecule has 36 heavy (non-hydrogen) atoms. The van der Waals surface area contributed by atoms with Crippen molar-refractivity contribution in [1.82, 2.24) is 9.78 Å². The highest BCUT2D eigenvalue weighted by molar-refractivity contribution is 6.07. The average Bonchev–Trinajstić information content (AvgIpc) is 3.30. The Morgan fingerprint density at radius 2 is 1.64 bits per heavy atom. The molecule has 0 bridgehead atoms. The van der Waals surface area contributed by atoms with Crippen molar-refractivity contribution in [2.24, 2.45) is 10.9 Å². The van der Waals surface area contributed by atoms with E-state index in [1.807, 2.05) is 30.3 Å². The van der Waals surface area contributed by atoms with Gasteiger partial charge in [-0.3, -0.25) is 9.79 Å². The van der Waals surface area contributed by atoms with Gasteiger partial charge < -0.3 is 9.47 Å². The first kappa shape index (κ1) is 25.0. The van der Waals surface area contributed by atoms with Crippen LogP contribution in [0, 0.1) is 11.7 Å². The molecule has 0 spiro atoms. The van der Waals surface area contributed by atoms with Crippen molar-refractivity contribution < 1.29 is 23.5 Å². The largest absolute Gasteiger partial charge is 0.465 e. The Labute approximate surface area is 209 Å². The molecule has 2 atom stereocenters. The van der Waals surface area contributed by atoms with Gasteiger partial charge in [0.05, 0.1) is 30.2 Å². The molecular weight excluding hydrogens is 461 g/mol. The first-order chi connectivity index (χ1) is 17.3. The van der Waals surface area contributed by atoms with Crippen molar-refractivity contribution in [3.8, 4) is 16.9 Å². The van der Waals surface area contributed by atoms with Crippen LogP contribution in [0.1, 0.15) is 39.2 Å². The molecule has 0 amide bonds. The fourth-order valence-electron chi connectivity index (χ4n) is 4.54. The maximum atomic E-state index is 13.8. The highest BCUT2D eigenvalue weighted by atomic mass is 19.1. The van der Waals surface area contributed by atoms with Crippen molar-refractivity contribution in [1.29, 1.82) is 0 Å². The number of para-hydroxylation sites is 1. The van der Waals surface area contributed by atoms with Gasteiger partial charge in [-0.25, -0.2) is 13.9 Å². The number of halogens is 1. The van der Waals surface area contributed by atoms with Crippen LogP contribution in [0.3, 0.4) is 0 Å². The minimum atomic E-state index is -0.860. The molecule has 4 rings (SSSR count). The molecule has 7 nitrogen and oxygen atoms in total. The Balaban J connectivity index is 1.99. The Morgan fingerprint density at radius 3 is 2.28 bits per heavy atom. The molecular formula is C28H28FN3O4. The van der Waals surface area contributed by atoms with E-state index < -0.39 is 23.8 Å². The molecule has 2 unspecified atom stereocenters. The van der Waals surface area contributed by atoms with Gasteiger partial charge in [0.1, 0.15) is 11.7 Å². The second kappa shape index (κ2) is 10.7. The summed E-state index contributed by atoms with van der Waals surface area (Å²) >= 11 is 0. The zero-order valence-electron chi connectivity index (χ0n) is 20.7. The Hall–Kier alpha value is -4.07. The van der Waals surface area contributed by atoms with Crippen LogP contribution in [0.15, 0.2) is 77.1 Å². The summed E-state index contributed by atoms with van der Waals surface area (Å²) in [7, 11) is 0. The maximum Gasteiger partial charge on any atom is 0.336 e. The number of aliphatic imine (C=N–C) groups is 1. The van der Waals surface area contributed by atoms with E-state index in [1.54, 1.807) is 50.7 Å². The molecule has 1 aromatic heterocycles. The van der Waals surface area contributed by atoms with Crippen LogP contribution in [0.5, 0.6) is 0 Å². The van der Waals surface area contributed by atoms with E-state index >= 15 is 0 Å². The zero-order chi connectivity index (χ0) is 25.8. The van der Waals surface area contributed by atoms with Gasteiger partial charge in [-0.05, 0) is 64.1 Å². The molecule has 2 aromatic carbocycles. The van der Waals surface area contributed by atoms with Crippen LogP contribution in [-0.4, -0.2) is 40.6 Å². The maximum absolute atomic E-state index is 13.8. The number of hydrogen-bond donors (Lipinski definition) is 0. The highest BCUT2D eigenvalue weighted by Crippen LogP contribution is 2.43. The van der Waals surface area contributed by atoms with E-state index in [-0.39, 0.29) is 24.6 Å². The molecule has 3 aromatic rings. The lowest BCUT2D eigenvalue weighted by Gasteiger charge is -2.31. The van der Waals surface area contributed by atoms with Gasteiger partial charge in [0.15, 0.2) is 0 Å². The molecule has 2 heterocycles. The summed E-state index contributed by atoms with van der Waals surface area (Å²) in [5.74, 6) is -3.05. The number of aromatic nitrogens is 2. The fraction of sp³-hybridized carbons (Fsp3) is 0.286. The average molecular weight is 490 g/mol. The molecule has 186 valence electrons. The topological polar surface area (TPSA) is 82.8 Å². The molecule has 0 saturated heterocycles. The third-order valence-corrected chi connectivity index (χ3v) is 6.08. The van der Waals surface area contributed by atoms with Crippen molar-refractivity contribution in [3.63, 3.8) is 0 Å². The van der Waals surface area contributed by atoms with E-state index in [0.29, 0.717) is 28.2 Å². The highest BCUT2D eigenvalue weighted by Gasteiger charge is 2.44. The Kier molecular flexibility index (Phi) is 7.43. The van der Waals surface area contributed by atoms with Gasteiger partial charge in [0, 0.05) is 34.7 Å². The van der Waals surface area contributed by atoms with Gasteiger partial charge in [-0.1, -0.05) is 18.2 Å². The molecule has 0 aliphatic carbocycles. The third-order valence-electron chi connectivity index (χ3n) is 6.08. The molecule has 1 aliphatic heterocycles. The number of hydrogen-bond acceptors (Lipinski definition) is 6. The summed E-state index contributed by atoms with van der Waals surface area (Å²) in [4.78, 5) is 31.0. The molecule has 1 aliphatic rings. The normalized spacial score (nSPS) is 17.5. The van der Waals surface area contributed by atoms with Crippen LogP contribution >= 0.6 is 0 Å². The van der Waals surface area contributed by atoms with Crippen molar-refractivity contribution >= 4 is 17.7 Å². The molecule has 0 radical (unpaired) electrons. The molecule has 0 saturated carbocycles. The molecule has 0 fully saturated rings. The fourth-order valence-corrected chi connectivity index (χ4v) is 4.54. The van der Waals surface area contributed by atoms with Crippen molar-refractivity contribution in [2.45, 2.75) is 33.6 Å². The molecule has 8 heteroatoms.